The first-order valence-electron chi connectivity index (χ1n) is 11.9. The standard InChI is InChI=1S/C25H28N8O3S/c1-35-19-6-5-16(14-20(19)36-2)18-15-28-22-21(29-18)23(31-24(26)30-22)32-9-11-33(12-10-32)25(34)27-8-7-17-4-3-13-37-17/h3-6,13-15H,7-12H2,1-2H3,(H,27,34)(H2,26,28,30,31). The Kier molecular flexibility index (Phi) is 7.17. The van der Waals surface area contributed by atoms with Crippen molar-refractivity contribution < 1.29 is 14.3 Å². The minimum Gasteiger partial charge on any atom is -0.493 e. The molecule has 4 heterocycles. The third-order valence-electron chi connectivity index (χ3n) is 6.18. The SMILES string of the molecule is COc1ccc(-c2cnc3nc(N)nc(N4CCN(C(=O)NCCc5cccs5)CC4)c3n2)cc1OC. The predicted molar refractivity (Wildman–Crippen MR) is 143 cm³/mol. The van der Waals surface area contributed by atoms with Crippen molar-refractivity contribution in [1.82, 2.24) is 30.2 Å². The van der Waals surface area contributed by atoms with Gasteiger partial charge in [0.15, 0.2) is 28.5 Å². The number of hydrogen-bond acceptors (Lipinski definition) is 10. The summed E-state index contributed by atoms with van der Waals surface area (Å²) in [6, 6.07) is 9.61. The molecule has 5 rings (SSSR count). The molecule has 37 heavy (non-hydrogen) atoms. The lowest BCUT2D eigenvalue weighted by molar-refractivity contribution is 0.194. The number of urea groups is 1. The van der Waals surface area contributed by atoms with Crippen molar-refractivity contribution in [3.05, 3.63) is 46.8 Å². The zero-order chi connectivity index (χ0) is 25.8. The summed E-state index contributed by atoms with van der Waals surface area (Å²) in [7, 11) is 3.18. The van der Waals surface area contributed by atoms with Crippen LogP contribution in [-0.4, -0.2) is 77.8 Å². The molecular formula is C25H28N8O3S. The fraction of sp³-hybridized carbons (Fsp3) is 0.320. The van der Waals surface area contributed by atoms with E-state index in [-0.39, 0.29) is 12.0 Å². The molecular weight excluding hydrogens is 492 g/mol. The molecule has 4 aromatic rings. The number of carbonyl (C=O) groups excluding carboxylic acids is 1. The molecule has 1 aliphatic heterocycles. The molecule has 0 radical (unpaired) electrons. The Morgan fingerprint density at radius 2 is 1.89 bits per heavy atom. The zero-order valence-corrected chi connectivity index (χ0v) is 21.5. The van der Waals surface area contributed by atoms with Crippen LogP contribution in [0.25, 0.3) is 22.4 Å². The number of fused-ring (bicyclic) bond motifs is 1. The summed E-state index contributed by atoms with van der Waals surface area (Å²) in [5.41, 5.74) is 8.43. The third kappa shape index (κ3) is 5.33. The molecule has 2 amide bonds. The molecule has 1 saturated heterocycles. The Morgan fingerprint density at radius 3 is 2.62 bits per heavy atom. The van der Waals surface area contributed by atoms with Gasteiger partial charge in [-0.05, 0) is 36.1 Å². The second kappa shape index (κ2) is 10.8. The number of nitrogens with zero attached hydrogens (tertiary/aromatic N) is 6. The number of thiophene rings is 1. The number of rotatable bonds is 7. The monoisotopic (exact) mass is 520 g/mol. The van der Waals surface area contributed by atoms with Gasteiger partial charge < -0.3 is 30.3 Å². The predicted octanol–water partition coefficient (Wildman–Crippen LogP) is 2.82. The van der Waals surface area contributed by atoms with Crippen molar-refractivity contribution in [1.29, 1.82) is 0 Å². The van der Waals surface area contributed by atoms with Crippen LogP contribution in [0.15, 0.2) is 41.9 Å². The highest BCUT2D eigenvalue weighted by molar-refractivity contribution is 7.09. The van der Waals surface area contributed by atoms with Gasteiger partial charge in [0.2, 0.25) is 5.95 Å². The molecule has 0 unspecified atom stereocenters. The summed E-state index contributed by atoms with van der Waals surface area (Å²) >= 11 is 1.70. The number of nitrogens with two attached hydrogens (primary N) is 1. The van der Waals surface area contributed by atoms with E-state index in [0.717, 1.165) is 12.0 Å². The number of nitrogens with one attached hydrogen (secondary N) is 1. The fourth-order valence-electron chi connectivity index (χ4n) is 4.25. The first-order valence-corrected chi connectivity index (χ1v) is 12.8. The summed E-state index contributed by atoms with van der Waals surface area (Å²) in [5, 5.41) is 5.06. The number of amides is 2. The smallest absolute Gasteiger partial charge is 0.317 e. The van der Waals surface area contributed by atoms with Gasteiger partial charge >= 0.3 is 6.03 Å². The number of aromatic nitrogens is 4. The van der Waals surface area contributed by atoms with Crippen molar-refractivity contribution in [2.45, 2.75) is 6.42 Å². The van der Waals surface area contributed by atoms with Gasteiger partial charge in [-0.15, -0.1) is 11.3 Å². The van der Waals surface area contributed by atoms with Crippen LogP contribution < -0.4 is 25.4 Å². The van der Waals surface area contributed by atoms with Crippen molar-refractivity contribution in [2.24, 2.45) is 0 Å². The molecule has 0 saturated carbocycles. The van der Waals surface area contributed by atoms with Crippen molar-refractivity contribution >= 4 is 40.3 Å². The minimum absolute atomic E-state index is 0.0567. The van der Waals surface area contributed by atoms with Gasteiger partial charge in [0.25, 0.3) is 0 Å². The van der Waals surface area contributed by atoms with Crippen molar-refractivity contribution in [2.75, 3.05) is 57.6 Å². The summed E-state index contributed by atoms with van der Waals surface area (Å²) in [4.78, 5) is 35.9. The number of hydrogen-bond donors (Lipinski definition) is 2. The van der Waals surface area contributed by atoms with E-state index in [4.69, 9.17) is 20.2 Å². The van der Waals surface area contributed by atoms with Crippen LogP contribution >= 0.6 is 11.3 Å². The number of methoxy groups -OCH3 is 2. The van der Waals surface area contributed by atoms with E-state index >= 15 is 0 Å². The number of piperazine rings is 1. The van der Waals surface area contributed by atoms with E-state index in [1.54, 1.807) is 31.8 Å². The Balaban J connectivity index is 1.32. The van der Waals surface area contributed by atoms with Crippen LogP contribution in [0.4, 0.5) is 16.6 Å². The van der Waals surface area contributed by atoms with Gasteiger partial charge in [0, 0.05) is 43.2 Å². The molecule has 1 aliphatic rings. The van der Waals surface area contributed by atoms with E-state index in [1.165, 1.54) is 4.88 Å². The highest BCUT2D eigenvalue weighted by atomic mass is 32.1. The molecule has 0 spiro atoms. The Labute approximate surface area is 218 Å². The number of anilines is 2. The van der Waals surface area contributed by atoms with E-state index in [2.05, 4.69) is 31.2 Å². The minimum atomic E-state index is -0.0567. The van der Waals surface area contributed by atoms with E-state index in [9.17, 15) is 4.79 Å². The summed E-state index contributed by atoms with van der Waals surface area (Å²) < 4.78 is 10.8. The summed E-state index contributed by atoms with van der Waals surface area (Å²) in [5.74, 6) is 1.96. The molecule has 3 N–H and O–H groups in total. The number of carbonyl (C=O) groups is 1. The maximum absolute atomic E-state index is 12.6. The molecule has 3 aromatic heterocycles. The maximum atomic E-state index is 12.6. The van der Waals surface area contributed by atoms with Crippen molar-refractivity contribution in [3.8, 4) is 22.8 Å². The molecule has 192 valence electrons. The van der Waals surface area contributed by atoms with E-state index in [0.29, 0.717) is 66.9 Å². The Hall–Kier alpha value is -4.19. The highest BCUT2D eigenvalue weighted by Gasteiger charge is 2.24. The molecule has 0 atom stereocenters. The normalized spacial score (nSPS) is 13.6. The van der Waals surface area contributed by atoms with Gasteiger partial charge in [-0.3, -0.25) is 0 Å². The second-order valence-electron chi connectivity index (χ2n) is 8.44. The highest BCUT2D eigenvalue weighted by Crippen LogP contribution is 2.32. The first kappa shape index (κ1) is 24.5. The molecule has 11 nitrogen and oxygen atoms in total. The van der Waals surface area contributed by atoms with Crippen LogP contribution in [-0.2, 0) is 6.42 Å². The average Bonchev–Trinajstić information content (AvgIpc) is 3.45. The van der Waals surface area contributed by atoms with Crippen LogP contribution in [0.1, 0.15) is 4.88 Å². The zero-order valence-electron chi connectivity index (χ0n) is 20.7. The van der Waals surface area contributed by atoms with Crippen LogP contribution in [0.2, 0.25) is 0 Å². The van der Waals surface area contributed by atoms with Crippen molar-refractivity contribution in [3.63, 3.8) is 0 Å². The van der Waals surface area contributed by atoms with Gasteiger partial charge in [0.05, 0.1) is 26.1 Å². The molecule has 0 aliphatic carbocycles. The summed E-state index contributed by atoms with van der Waals surface area (Å²) in [6.07, 6.45) is 2.48. The van der Waals surface area contributed by atoms with Crippen LogP contribution in [0.5, 0.6) is 11.5 Å². The van der Waals surface area contributed by atoms with Gasteiger partial charge in [-0.1, -0.05) is 6.07 Å². The van der Waals surface area contributed by atoms with E-state index < -0.39 is 0 Å². The van der Waals surface area contributed by atoms with Gasteiger partial charge in [-0.2, -0.15) is 9.97 Å². The Bertz CT molecular complexity index is 1390. The van der Waals surface area contributed by atoms with Gasteiger partial charge in [-0.25, -0.2) is 14.8 Å². The number of nitrogen functional groups attached to an aromatic ring is 1. The fourth-order valence-corrected chi connectivity index (χ4v) is 4.95. The van der Waals surface area contributed by atoms with Gasteiger partial charge in [0.1, 0.15) is 0 Å². The third-order valence-corrected chi connectivity index (χ3v) is 7.12. The summed E-state index contributed by atoms with van der Waals surface area (Å²) in [6.45, 7) is 2.90. The number of benzene rings is 1. The maximum Gasteiger partial charge on any atom is 0.317 e. The lowest BCUT2D eigenvalue weighted by Gasteiger charge is -2.35. The number of ether oxygens (including phenoxy) is 2. The molecule has 1 aromatic carbocycles. The van der Waals surface area contributed by atoms with Crippen LogP contribution in [0, 0.1) is 0 Å². The largest absolute Gasteiger partial charge is 0.493 e. The van der Waals surface area contributed by atoms with Crippen LogP contribution in [0.3, 0.4) is 0 Å². The average molecular weight is 521 g/mol. The Morgan fingerprint density at radius 1 is 1.08 bits per heavy atom. The second-order valence-corrected chi connectivity index (χ2v) is 9.47. The molecule has 0 bridgehead atoms. The quantitative estimate of drug-likeness (QED) is 0.377. The lowest BCUT2D eigenvalue weighted by atomic mass is 10.1. The van der Waals surface area contributed by atoms with E-state index in [1.807, 2.05) is 34.5 Å². The molecule has 1 fully saturated rings. The first-order chi connectivity index (χ1) is 18.1. The lowest BCUT2D eigenvalue weighted by Crippen LogP contribution is -2.52. The topological polar surface area (TPSA) is 132 Å². The molecule has 12 heteroatoms.